The first-order chi connectivity index (χ1) is 10.0. The number of carbonyl (C=O) groups is 1. The highest BCUT2D eigenvalue weighted by Gasteiger charge is 2.16. The number of hydrogen-bond donors (Lipinski definition) is 3. The predicted octanol–water partition coefficient (Wildman–Crippen LogP) is 2.58. The number of nitrogens with one attached hydrogen (secondary N) is 2. The van der Waals surface area contributed by atoms with E-state index < -0.39 is 0 Å². The fourth-order valence-corrected chi connectivity index (χ4v) is 2.57. The normalized spacial score (nSPS) is 18.2. The number of allylic oxidation sites excluding steroid dienone is 1. The minimum absolute atomic E-state index is 0.000318. The van der Waals surface area contributed by atoms with Crippen LogP contribution < -0.4 is 16.6 Å². The Balaban J connectivity index is 2.22. The molecular weight excluding hydrogens is 288 g/mol. The fourth-order valence-electron chi connectivity index (χ4n) is 2.11. The molecule has 0 aliphatic heterocycles. The average molecular weight is 314 g/mol. The van der Waals surface area contributed by atoms with Crippen LogP contribution in [-0.4, -0.2) is 24.0 Å². The second-order valence-electron chi connectivity index (χ2n) is 5.69. The number of hydrogen-bond acceptors (Lipinski definition) is 5. The van der Waals surface area contributed by atoms with E-state index in [4.69, 9.17) is 5.90 Å². The summed E-state index contributed by atoms with van der Waals surface area (Å²) in [5.74, 6) is 5.88. The maximum atomic E-state index is 11.6. The van der Waals surface area contributed by atoms with Gasteiger partial charge in [0.1, 0.15) is 0 Å². The Labute approximate surface area is 131 Å². The van der Waals surface area contributed by atoms with Crippen LogP contribution in [0.25, 0.3) is 0 Å². The summed E-state index contributed by atoms with van der Waals surface area (Å²) in [6.45, 7) is 8.73. The number of nitrogens with zero attached hydrogens (tertiary/aromatic N) is 1. The van der Waals surface area contributed by atoms with Crippen LogP contribution in [-0.2, 0) is 4.28 Å². The lowest BCUT2D eigenvalue weighted by Gasteiger charge is -2.23. The zero-order valence-corrected chi connectivity index (χ0v) is 13.6. The maximum absolute atomic E-state index is 11.6. The molecule has 0 spiro atoms. The third kappa shape index (κ3) is 7.50. The third-order valence-electron chi connectivity index (χ3n) is 3.57. The van der Waals surface area contributed by atoms with Crippen molar-refractivity contribution >= 4 is 24.3 Å². The molecule has 1 fully saturated rings. The Morgan fingerprint density at radius 3 is 2.81 bits per heavy atom. The summed E-state index contributed by atoms with van der Waals surface area (Å²) in [5.41, 5.74) is 3.79. The van der Waals surface area contributed by atoms with Gasteiger partial charge in [-0.25, -0.2) is 20.4 Å². The molecule has 4 N–H and O–H groups in total. The van der Waals surface area contributed by atoms with Gasteiger partial charge in [0.2, 0.25) is 0 Å². The van der Waals surface area contributed by atoms with Crippen molar-refractivity contribution in [3.05, 3.63) is 12.2 Å². The van der Waals surface area contributed by atoms with Crippen molar-refractivity contribution in [2.45, 2.75) is 44.8 Å². The molecule has 1 aliphatic carbocycles. The van der Waals surface area contributed by atoms with Gasteiger partial charge in [0.05, 0.1) is 5.25 Å². The molecule has 0 radical (unpaired) electrons. The first-order valence-electron chi connectivity index (χ1n) is 7.28. The van der Waals surface area contributed by atoms with Crippen LogP contribution >= 0.6 is 12.0 Å². The molecule has 7 heteroatoms. The maximum Gasteiger partial charge on any atom is 0.335 e. The second-order valence-corrected chi connectivity index (χ2v) is 6.62. The number of amides is 2. The van der Waals surface area contributed by atoms with E-state index in [9.17, 15) is 4.79 Å². The number of hydrazone groups is 1. The van der Waals surface area contributed by atoms with Gasteiger partial charge < -0.3 is 5.32 Å². The molecule has 0 heterocycles. The highest BCUT2D eigenvalue weighted by molar-refractivity contribution is 7.95. The van der Waals surface area contributed by atoms with Gasteiger partial charge in [-0.05, 0) is 37.5 Å². The van der Waals surface area contributed by atoms with Gasteiger partial charge in [0, 0.05) is 24.8 Å². The number of carbonyl (C=O) groups excluding carboxylic acids is 1. The van der Waals surface area contributed by atoms with Crippen molar-refractivity contribution in [2.75, 3.05) is 6.54 Å². The minimum Gasteiger partial charge on any atom is -0.336 e. The number of rotatable bonds is 7. The molecule has 1 saturated carbocycles. The van der Waals surface area contributed by atoms with Crippen molar-refractivity contribution in [3.63, 3.8) is 0 Å². The van der Waals surface area contributed by atoms with E-state index in [-0.39, 0.29) is 11.3 Å². The Bertz CT molecular complexity index is 364. The van der Waals surface area contributed by atoms with Crippen molar-refractivity contribution in [2.24, 2.45) is 22.8 Å². The van der Waals surface area contributed by atoms with Crippen LogP contribution in [0.3, 0.4) is 0 Å². The smallest absolute Gasteiger partial charge is 0.335 e. The highest BCUT2D eigenvalue weighted by atomic mass is 32.2. The summed E-state index contributed by atoms with van der Waals surface area (Å²) in [7, 11) is 0. The van der Waals surface area contributed by atoms with Crippen molar-refractivity contribution in [3.8, 4) is 0 Å². The summed E-state index contributed by atoms with van der Waals surface area (Å²) in [6, 6.07) is -0.281. The number of urea groups is 1. The first kappa shape index (κ1) is 18.0. The molecule has 6 nitrogen and oxygen atoms in total. The first-order valence-corrected chi connectivity index (χ1v) is 8.09. The molecule has 0 aromatic rings. The number of nitrogens with two attached hydrogens (primary N) is 1. The molecule has 1 unspecified atom stereocenters. The quantitative estimate of drug-likeness (QED) is 0.292. The van der Waals surface area contributed by atoms with E-state index in [1.165, 1.54) is 5.57 Å². The van der Waals surface area contributed by atoms with Crippen LogP contribution in [0, 0.1) is 11.8 Å². The van der Waals surface area contributed by atoms with Gasteiger partial charge in [-0.15, -0.1) is 0 Å². The molecular formula is C14H26N4O2S. The van der Waals surface area contributed by atoms with E-state index in [1.807, 2.05) is 13.8 Å². The molecule has 120 valence electrons. The molecule has 2 amide bonds. The molecule has 1 atom stereocenters. The summed E-state index contributed by atoms with van der Waals surface area (Å²) < 4.78 is 4.55. The predicted molar refractivity (Wildman–Crippen MR) is 87.6 cm³/mol. The average Bonchev–Trinajstić information content (AvgIpc) is 2.45. The van der Waals surface area contributed by atoms with Gasteiger partial charge in [-0.1, -0.05) is 26.0 Å². The molecule has 0 aromatic carbocycles. The Kier molecular flexibility index (Phi) is 8.41. The van der Waals surface area contributed by atoms with E-state index in [1.54, 1.807) is 6.21 Å². The van der Waals surface area contributed by atoms with E-state index in [0.717, 1.165) is 37.7 Å². The van der Waals surface area contributed by atoms with Crippen LogP contribution in [0.4, 0.5) is 4.79 Å². The molecule has 0 bridgehead atoms. The Morgan fingerprint density at radius 2 is 2.24 bits per heavy atom. The van der Waals surface area contributed by atoms with Crippen LogP contribution in [0.5, 0.6) is 0 Å². The van der Waals surface area contributed by atoms with E-state index in [2.05, 4.69) is 26.7 Å². The topological polar surface area (TPSA) is 88.7 Å². The van der Waals surface area contributed by atoms with Crippen LogP contribution in [0.2, 0.25) is 0 Å². The minimum atomic E-state index is -0.281. The van der Waals surface area contributed by atoms with Crippen molar-refractivity contribution in [1.82, 2.24) is 10.7 Å². The summed E-state index contributed by atoms with van der Waals surface area (Å²) in [6.07, 6.45) is 5.97. The zero-order chi connectivity index (χ0) is 15.7. The highest BCUT2D eigenvalue weighted by Crippen LogP contribution is 2.26. The third-order valence-corrected chi connectivity index (χ3v) is 4.57. The molecule has 21 heavy (non-hydrogen) atoms. The zero-order valence-electron chi connectivity index (χ0n) is 12.8. The second kappa shape index (κ2) is 9.81. The molecule has 0 saturated heterocycles. The Hall–Kier alpha value is -1.05. The van der Waals surface area contributed by atoms with Crippen molar-refractivity contribution < 1.29 is 9.08 Å². The monoisotopic (exact) mass is 314 g/mol. The summed E-state index contributed by atoms with van der Waals surface area (Å²) in [5, 5.41) is 6.78. The summed E-state index contributed by atoms with van der Waals surface area (Å²) >= 11 is 1.12. The van der Waals surface area contributed by atoms with Crippen LogP contribution in [0.1, 0.15) is 39.5 Å². The molecule has 1 rings (SSSR count). The lowest BCUT2D eigenvalue weighted by molar-refractivity contribution is 0.238. The van der Waals surface area contributed by atoms with Gasteiger partial charge in [0.25, 0.3) is 0 Å². The molecule has 1 aliphatic rings. The van der Waals surface area contributed by atoms with Gasteiger partial charge in [-0.3, -0.25) is 0 Å². The van der Waals surface area contributed by atoms with Gasteiger partial charge in [-0.2, -0.15) is 5.10 Å². The lowest BCUT2D eigenvalue weighted by Crippen LogP contribution is -2.36. The summed E-state index contributed by atoms with van der Waals surface area (Å²) in [4.78, 5) is 11.6. The van der Waals surface area contributed by atoms with E-state index in [0.29, 0.717) is 18.4 Å². The largest absolute Gasteiger partial charge is 0.336 e. The van der Waals surface area contributed by atoms with Gasteiger partial charge in [0.15, 0.2) is 0 Å². The van der Waals surface area contributed by atoms with Crippen molar-refractivity contribution in [1.29, 1.82) is 0 Å². The van der Waals surface area contributed by atoms with Gasteiger partial charge >= 0.3 is 6.03 Å². The SMILES string of the molecule is C=C1CCC(CNC(=O)N/N=C/C(SON)C(C)C)CC1. The van der Waals surface area contributed by atoms with E-state index >= 15 is 0 Å². The standard InChI is InChI=1S/C14H26N4O2S/c1-10(2)13(21-20-15)9-17-18-14(19)16-8-12-6-4-11(3)5-7-12/h9-10,12-13H,3-8,15H2,1-2H3,(H2,16,18,19)/b17-9+. The molecule has 0 aromatic heterocycles. The van der Waals surface area contributed by atoms with Crippen LogP contribution in [0.15, 0.2) is 17.3 Å². The Morgan fingerprint density at radius 1 is 1.57 bits per heavy atom. The fraction of sp³-hybridized carbons (Fsp3) is 0.714. The lowest BCUT2D eigenvalue weighted by atomic mass is 9.86.